The van der Waals surface area contributed by atoms with Crippen LogP contribution in [0, 0.1) is 5.92 Å². The van der Waals surface area contributed by atoms with Gasteiger partial charge in [-0.05, 0) is 42.7 Å². The molecule has 1 fully saturated rings. The normalized spacial score (nSPS) is 15.6. The first-order valence-electron chi connectivity index (χ1n) is 6.58. The van der Waals surface area contributed by atoms with E-state index in [2.05, 4.69) is 5.32 Å². The fraction of sp³-hybridized carbons (Fsp3) is 0.500. The summed E-state index contributed by atoms with van der Waals surface area (Å²) in [5, 5.41) is 3.38. The first-order valence-corrected chi connectivity index (χ1v) is 8.11. The highest BCUT2D eigenvalue weighted by molar-refractivity contribution is 7.99. The molecule has 3 nitrogen and oxygen atoms in total. The predicted molar refractivity (Wildman–Crippen MR) is 83.8 cm³/mol. The van der Waals surface area contributed by atoms with Crippen molar-refractivity contribution >= 4 is 40.6 Å². The molecule has 0 heterocycles. The summed E-state index contributed by atoms with van der Waals surface area (Å²) in [7, 11) is 0. The Labute approximate surface area is 123 Å². The largest absolute Gasteiger partial charge is 0.397 e. The van der Waals surface area contributed by atoms with Gasteiger partial charge in [-0.15, -0.1) is 0 Å². The number of benzene rings is 1. The molecule has 1 aliphatic rings. The maximum absolute atomic E-state index is 11.8. The van der Waals surface area contributed by atoms with Gasteiger partial charge in [-0.1, -0.05) is 24.4 Å². The Bertz CT molecular complexity index is 447. The Morgan fingerprint density at radius 1 is 1.42 bits per heavy atom. The molecule has 1 aromatic rings. The minimum atomic E-state index is -0.0167. The fourth-order valence-electron chi connectivity index (χ4n) is 2.32. The van der Waals surface area contributed by atoms with Crippen molar-refractivity contribution in [3.05, 3.63) is 23.2 Å². The van der Waals surface area contributed by atoms with E-state index in [-0.39, 0.29) is 5.91 Å². The van der Waals surface area contributed by atoms with Crippen molar-refractivity contribution in [2.24, 2.45) is 5.92 Å². The molecular formula is C14H19ClN2OS. The Balaban J connectivity index is 1.75. The summed E-state index contributed by atoms with van der Waals surface area (Å²) in [6, 6.07) is 5.08. The zero-order chi connectivity index (χ0) is 13.7. The van der Waals surface area contributed by atoms with Crippen LogP contribution in [0.25, 0.3) is 0 Å². The minimum Gasteiger partial charge on any atom is -0.397 e. The van der Waals surface area contributed by atoms with Crippen molar-refractivity contribution in [1.29, 1.82) is 0 Å². The van der Waals surface area contributed by atoms with Gasteiger partial charge >= 0.3 is 0 Å². The number of halogens is 1. The third-order valence-electron chi connectivity index (χ3n) is 3.35. The SMILES string of the molecule is Nc1ccc(Cl)cc1NC(=O)CSCC1CCCC1. The molecule has 0 atom stereocenters. The molecule has 0 saturated heterocycles. The molecule has 2 rings (SSSR count). The van der Waals surface area contributed by atoms with E-state index in [1.807, 2.05) is 0 Å². The molecule has 1 amide bonds. The molecule has 0 aliphatic heterocycles. The molecule has 1 saturated carbocycles. The first-order chi connectivity index (χ1) is 9.15. The van der Waals surface area contributed by atoms with Crippen LogP contribution >= 0.6 is 23.4 Å². The molecule has 1 aromatic carbocycles. The van der Waals surface area contributed by atoms with Crippen molar-refractivity contribution < 1.29 is 4.79 Å². The van der Waals surface area contributed by atoms with Gasteiger partial charge < -0.3 is 11.1 Å². The highest BCUT2D eigenvalue weighted by Gasteiger charge is 2.15. The molecule has 0 bridgehead atoms. The minimum absolute atomic E-state index is 0.0167. The molecule has 5 heteroatoms. The molecule has 104 valence electrons. The summed E-state index contributed by atoms with van der Waals surface area (Å²) >= 11 is 7.58. The summed E-state index contributed by atoms with van der Waals surface area (Å²) in [5.74, 6) is 2.34. The zero-order valence-corrected chi connectivity index (χ0v) is 12.4. The summed E-state index contributed by atoms with van der Waals surface area (Å²) < 4.78 is 0. The molecule has 19 heavy (non-hydrogen) atoms. The van der Waals surface area contributed by atoms with Crippen molar-refractivity contribution in [3.8, 4) is 0 Å². The van der Waals surface area contributed by atoms with E-state index in [1.54, 1.807) is 30.0 Å². The Morgan fingerprint density at radius 3 is 2.89 bits per heavy atom. The highest BCUT2D eigenvalue weighted by atomic mass is 35.5. The van der Waals surface area contributed by atoms with Crippen LogP contribution in [0.5, 0.6) is 0 Å². The fourth-order valence-corrected chi connectivity index (χ4v) is 3.53. The second-order valence-electron chi connectivity index (χ2n) is 4.95. The van der Waals surface area contributed by atoms with Gasteiger partial charge in [0.25, 0.3) is 0 Å². The Morgan fingerprint density at radius 2 is 2.16 bits per heavy atom. The lowest BCUT2D eigenvalue weighted by Crippen LogP contribution is -2.16. The number of nitrogens with one attached hydrogen (secondary N) is 1. The van der Waals surface area contributed by atoms with Gasteiger partial charge in [-0.3, -0.25) is 4.79 Å². The van der Waals surface area contributed by atoms with Crippen LogP contribution in [0.4, 0.5) is 11.4 Å². The number of thioether (sulfide) groups is 1. The van der Waals surface area contributed by atoms with Gasteiger partial charge in [0.05, 0.1) is 17.1 Å². The van der Waals surface area contributed by atoms with Gasteiger partial charge in [0.1, 0.15) is 0 Å². The molecule has 1 aliphatic carbocycles. The number of hydrogen-bond acceptors (Lipinski definition) is 3. The summed E-state index contributed by atoms with van der Waals surface area (Å²) in [5.41, 5.74) is 6.92. The number of carbonyl (C=O) groups is 1. The van der Waals surface area contributed by atoms with E-state index < -0.39 is 0 Å². The van der Waals surface area contributed by atoms with Gasteiger partial charge in [-0.2, -0.15) is 11.8 Å². The topological polar surface area (TPSA) is 55.1 Å². The number of nitrogens with two attached hydrogens (primary N) is 1. The third kappa shape index (κ3) is 4.62. The van der Waals surface area contributed by atoms with Crippen LogP contribution in [0.3, 0.4) is 0 Å². The Hall–Kier alpha value is -0.870. The van der Waals surface area contributed by atoms with Crippen LogP contribution in [0.1, 0.15) is 25.7 Å². The number of nitrogen functional groups attached to an aromatic ring is 1. The average Bonchev–Trinajstić information content (AvgIpc) is 2.87. The second-order valence-corrected chi connectivity index (χ2v) is 6.41. The molecule has 0 radical (unpaired) electrons. The lowest BCUT2D eigenvalue weighted by Gasteiger charge is -2.10. The Kier molecular flexibility index (Phi) is 5.40. The quantitative estimate of drug-likeness (QED) is 0.813. The van der Waals surface area contributed by atoms with Crippen molar-refractivity contribution in [1.82, 2.24) is 0 Å². The highest BCUT2D eigenvalue weighted by Crippen LogP contribution is 2.28. The van der Waals surface area contributed by atoms with Crippen LogP contribution in [-0.4, -0.2) is 17.4 Å². The van der Waals surface area contributed by atoms with Crippen LogP contribution < -0.4 is 11.1 Å². The van der Waals surface area contributed by atoms with E-state index in [9.17, 15) is 4.79 Å². The number of anilines is 2. The maximum atomic E-state index is 11.8. The third-order valence-corrected chi connectivity index (χ3v) is 4.76. The van der Waals surface area contributed by atoms with Gasteiger partial charge in [0.15, 0.2) is 0 Å². The lowest BCUT2D eigenvalue weighted by atomic mass is 10.1. The second kappa shape index (κ2) is 7.06. The number of rotatable bonds is 5. The van der Waals surface area contributed by atoms with Gasteiger partial charge in [0.2, 0.25) is 5.91 Å². The van der Waals surface area contributed by atoms with E-state index in [0.717, 1.165) is 11.7 Å². The number of carbonyl (C=O) groups excluding carboxylic acids is 1. The van der Waals surface area contributed by atoms with E-state index in [1.165, 1.54) is 25.7 Å². The van der Waals surface area contributed by atoms with E-state index in [0.29, 0.717) is 22.2 Å². The predicted octanol–water partition coefficient (Wildman–Crippen LogP) is 3.78. The van der Waals surface area contributed by atoms with Gasteiger partial charge in [-0.25, -0.2) is 0 Å². The monoisotopic (exact) mass is 298 g/mol. The smallest absolute Gasteiger partial charge is 0.234 e. The van der Waals surface area contributed by atoms with Crippen LogP contribution in [0.2, 0.25) is 5.02 Å². The number of hydrogen-bond donors (Lipinski definition) is 2. The van der Waals surface area contributed by atoms with Gasteiger partial charge in [0, 0.05) is 5.02 Å². The van der Waals surface area contributed by atoms with Crippen molar-refractivity contribution in [3.63, 3.8) is 0 Å². The van der Waals surface area contributed by atoms with Crippen LogP contribution in [-0.2, 0) is 4.79 Å². The maximum Gasteiger partial charge on any atom is 0.234 e. The van der Waals surface area contributed by atoms with Crippen molar-refractivity contribution in [2.75, 3.05) is 22.6 Å². The molecule has 0 aromatic heterocycles. The molecule has 0 spiro atoms. The summed E-state index contributed by atoms with van der Waals surface area (Å²) in [6.07, 6.45) is 5.32. The van der Waals surface area contributed by atoms with E-state index >= 15 is 0 Å². The zero-order valence-electron chi connectivity index (χ0n) is 10.8. The lowest BCUT2D eigenvalue weighted by molar-refractivity contribution is -0.113. The average molecular weight is 299 g/mol. The standard InChI is InChI=1S/C14H19ClN2OS/c15-11-5-6-12(16)13(7-11)17-14(18)9-19-8-10-3-1-2-4-10/h5-7,10H,1-4,8-9,16H2,(H,17,18). The first kappa shape index (κ1) is 14.5. The summed E-state index contributed by atoms with van der Waals surface area (Å²) in [6.45, 7) is 0. The molecular weight excluding hydrogens is 280 g/mol. The molecule has 3 N–H and O–H groups in total. The molecule has 0 unspecified atom stereocenters. The number of amides is 1. The summed E-state index contributed by atoms with van der Waals surface area (Å²) in [4.78, 5) is 11.8. The van der Waals surface area contributed by atoms with Crippen molar-refractivity contribution in [2.45, 2.75) is 25.7 Å². The van der Waals surface area contributed by atoms with E-state index in [4.69, 9.17) is 17.3 Å². The van der Waals surface area contributed by atoms with Crippen LogP contribution in [0.15, 0.2) is 18.2 Å².